The molecule has 12 heteroatoms. The van der Waals surface area contributed by atoms with Crippen molar-refractivity contribution in [1.82, 2.24) is 29.6 Å². The van der Waals surface area contributed by atoms with Gasteiger partial charge in [-0.2, -0.15) is 10.4 Å². The Hall–Kier alpha value is -5.02. The van der Waals surface area contributed by atoms with E-state index in [0.717, 1.165) is 37.4 Å². The summed E-state index contributed by atoms with van der Waals surface area (Å²) in [5.41, 5.74) is 3.35. The van der Waals surface area contributed by atoms with Gasteiger partial charge < -0.3 is 24.4 Å². The Kier molecular flexibility index (Phi) is 6.94. The van der Waals surface area contributed by atoms with Gasteiger partial charge in [-0.3, -0.25) is 4.79 Å². The highest BCUT2D eigenvalue weighted by Gasteiger charge is 2.50. The molecule has 1 N–H and O–H groups in total. The molecular weight excluding hydrogens is 524 g/mol. The summed E-state index contributed by atoms with van der Waals surface area (Å²) in [6.45, 7) is 5.30. The molecule has 1 amide bonds. The Bertz CT molecular complexity index is 1590. The van der Waals surface area contributed by atoms with Crippen LogP contribution in [0.1, 0.15) is 22.8 Å². The van der Waals surface area contributed by atoms with Gasteiger partial charge >= 0.3 is 0 Å². The van der Waals surface area contributed by atoms with Crippen molar-refractivity contribution in [1.29, 1.82) is 5.26 Å². The van der Waals surface area contributed by atoms with E-state index in [4.69, 9.17) is 14.2 Å². The first-order chi connectivity index (χ1) is 19.9. The number of carbonyl (C=O) groups is 1. The summed E-state index contributed by atoms with van der Waals surface area (Å²) in [6, 6.07) is 12.8. The number of ether oxygens (including phenoxy) is 3. The highest BCUT2D eigenvalue weighted by molar-refractivity contribution is 5.96. The number of carbonyl (C=O) groups excluding carboxylic acids is 1. The molecule has 6 rings (SSSR count). The molecule has 0 bridgehead atoms. The van der Waals surface area contributed by atoms with Gasteiger partial charge in [0.25, 0.3) is 5.91 Å². The van der Waals surface area contributed by atoms with Crippen LogP contribution in [-0.2, 0) is 11.3 Å². The molecule has 2 fully saturated rings. The molecule has 0 saturated carbocycles. The lowest BCUT2D eigenvalue weighted by Crippen LogP contribution is -2.67. The van der Waals surface area contributed by atoms with Crippen LogP contribution < -0.4 is 14.8 Å². The molecule has 0 radical (unpaired) electrons. The number of rotatable bonds is 9. The number of nitrogens with zero attached hydrogens (tertiary/aromatic N) is 7. The molecule has 4 heterocycles. The van der Waals surface area contributed by atoms with Crippen LogP contribution in [-0.4, -0.2) is 75.1 Å². The van der Waals surface area contributed by atoms with Crippen molar-refractivity contribution in [3.05, 3.63) is 72.6 Å². The number of hydrogen-bond acceptors (Lipinski definition) is 10. The number of aromatic nitrogens is 5. The molecule has 2 aromatic carbocycles. The monoisotopic (exact) mass is 552 g/mol. The van der Waals surface area contributed by atoms with Crippen molar-refractivity contribution in [3.8, 4) is 28.7 Å². The fourth-order valence-electron chi connectivity index (χ4n) is 4.99. The Balaban J connectivity index is 1.13. The zero-order valence-corrected chi connectivity index (χ0v) is 22.6. The molecule has 4 aromatic rings. The average molecular weight is 553 g/mol. The lowest BCUT2D eigenvalue weighted by atomic mass is 9.78. The Morgan fingerprint density at radius 3 is 2.61 bits per heavy atom. The normalized spacial score (nSPS) is 15.8. The van der Waals surface area contributed by atoms with Crippen LogP contribution in [0.2, 0.25) is 0 Å². The van der Waals surface area contributed by atoms with E-state index in [1.54, 1.807) is 60.8 Å². The second kappa shape index (κ2) is 10.9. The van der Waals surface area contributed by atoms with Crippen LogP contribution in [0.5, 0.6) is 11.5 Å². The molecule has 0 aliphatic carbocycles. The van der Waals surface area contributed by atoms with Crippen molar-refractivity contribution < 1.29 is 19.0 Å². The third-order valence-electron chi connectivity index (χ3n) is 7.18. The molecule has 2 aliphatic rings. The Labute approximate surface area is 236 Å². The van der Waals surface area contributed by atoms with Crippen LogP contribution in [0.4, 0.5) is 11.6 Å². The summed E-state index contributed by atoms with van der Waals surface area (Å²) in [4.78, 5) is 27.6. The number of nitrogens with one attached hydrogen (secondary N) is 1. The van der Waals surface area contributed by atoms with Gasteiger partial charge in [-0.05, 0) is 42.8 Å². The molecule has 2 saturated heterocycles. The van der Waals surface area contributed by atoms with E-state index in [9.17, 15) is 10.1 Å². The second-order valence-corrected chi connectivity index (χ2v) is 10.4. The number of amides is 1. The molecule has 2 aliphatic heterocycles. The van der Waals surface area contributed by atoms with E-state index in [0.29, 0.717) is 40.8 Å². The second-order valence-electron chi connectivity index (χ2n) is 10.4. The number of methoxy groups -OCH3 is 1. The maximum atomic E-state index is 12.9. The zero-order chi connectivity index (χ0) is 28.4. The predicted molar refractivity (Wildman–Crippen MR) is 148 cm³/mol. The van der Waals surface area contributed by atoms with E-state index >= 15 is 0 Å². The highest BCUT2D eigenvalue weighted by atomic mass is 16.5. The van der Waals surface area contributed by atoms with E-state index in [1.165, 1.54) is 6.33 Å². The van der Waals surface area contributed by atoms with E-state index < -0.39 is 0 Å². The number of anilines is 2. The zero-order valence-electron chi connectivity index (χ0n) is 22.6. The van der Waals surface area contributed by atoms with Crippen molar-refractivity contribution in [2.75, 3.05) is 38.7 Å². The minimum Gasteiger partial charge on any atom is -0.495 e. The summed E-state index contributed by atoms with van der Waals surface area (Å²) in [5, 5.41) is 16.8. The van der Waals surface area contributed by atoms with E-state index in [1.807, 2.05) is 17.9 Å². The van der Waals surface area contributed by atoms with Gasteiger partial charge in [-0.25, -0.2) is 19.6 Å². The quantitative estimate of drug-likeness (QED) is 0.329. The maximum Gasteiger partial charge on any atom is 0.254 e. The summed E-state index contributed by atoms with van der Waals surface area (Å²) in [6.07, 6.45) is 6.22. The number of benzene rings is 2. The van der Waals surface area contributed by atoms with Gasteiger partial charge in [0, 0.05) is 36.6 Å². The van der Waals surface area contributed by atoms with Gasteiger partial charge in [-0.15, -0.1) is 0 Å². The average Bonchev–Trinajstić information content (AvgIpc) is 3.45. The molecule has 208 valence electrons. The smallest absolute Gasteiger partial charge is 0.254 e. The Morgan fingerprint density at radius 1 is 1.15 bits per heavy atom. The van der Waals surface area contributed by atoms with Crippen molar-refractivity contribution in [2.45, 2.75) is 19.6 Å². The first-order valence-electron chi connectivity index (χ1n) is 13.1. The first-order valence-corrected chi connectivity index (χ1v) is 13.1. The third-order valence-corrected chi connectivity index (χ3v) is 7.18. The van der Waals surface area contributed by atoms with Crippen LogP contribution in [0.3, 0.4) is 0 Å². The summed E-state index contributed by atoms with van der Waals surface area (Å²) >= 11 is 0. The van der Waals surface area contributed by atoms with Gasteiger partial charge in [0.15, 0.2) is 0 Å². The standard InChI is InChI=1S/C29H28N8O4/c1-19(12-37-18-31-17-34-37)41-25-7-20(3-4-22(25)9-30)23-10-32-28(33-11-23)35-24-6-5-21(8-26(24)39-2)27(38)36-13-29(14-36)15-40-16-29/h3-8,10-11,17-19H,12-16H2,1-2H3,(H,32,33,35)/t19-/m0/s1. The summed E-state index contributed by atoms with van der Waals surface area (Å²) in [5.74, 6) is 1.33. The van der Waals surface area contributed by atoms with Gasteiger partial charge in [0.05, 0.1) is 43.5 Å². The fraction of sp³-hybridized carbons (Fsp3) is 0.310. The van der Waals surface area contributed by atoms with Crippen LogP contribution >= 0.6 is 0 Å². The van der Waals surface area contributed by atoms with Crippen LogP contribution in [0.25, 0.3) is 11.1 Å². The van der Waals surface area contributed by atoms with E-state index in [-0.39, 0.29) is 17.4 Å². The van der Waals surface area contributed by atoms with Gasteiger partial charge in [0.2, 0.25) is 5.95 Å². The molecular formula is C29H28N8O4. The predicted octanol–water partition coefficient (Wildman–Crippen LogP) is 3.30. The maximum absolute atomic E-state index is 12.9. The number of likely N-dealkylation sites (tertiary alicyclic amines) is 1. The molecule has 41 heavy (non-hydrogen) atoms. The molecule has 0 unspecified atom stereocenters. The molecule has 1 atom stereocenters. The number of nitriles is 1. The number of hydrogen-bond donors (Lipinski definition) is 1. The van der Waals surface area contributed by atoms with E-state index in [2.05, 4.69) is 31.4 Å². The van der Waals surface area contributed by atoms with Crippen LogP contribution in [0, 0.1) is 16.7 Å². The van der Waals surface area contributed by atoms with Crippen molar-refractivity contribution in [3.63, 3.8) is 0 Å². The summed E-state index contributed by atoms with van der Waals surface area (Å²) < 4.78 is 18.6. The molecule has 1 spiro atoms. The lowest BCUT2D eigenvalue weighted by Gasteiger charge is -2.54. The van der Waals surface area contributed by atoms with Crippen molar-refractivity contribution >= 4 is 17.5 Å². The molecule has 2 aromatic heterocycles. The Morgan fingerprint density at radius 2 is 1.95 bits per heavy atom. The minimum absolute atomic E-state index is 0.0217. The minimum atomic E-state index is -0.238. The van der Waals surface area contributed by atoms with Crippen molar-refractivity contribution in [2.24, 2.45) is 5.41 Å². The largest absolute Gasteiger partial charge is 0.495 e. The lowest BCUT2D eigenvalue weighted by molar-refractivity contribution is -0.176. The summed E-state index contributed by atoms with van der Waals surface area (Å²) in [7, 11) is 1.56. The third kappa shape index (κ3) is 5.39. The van der Waals surface area contributed by atoms with Crippen LogP contribution in [0.15, 0.2) is 61.4 Å². The van der Waals surface area contributed by atoms with Gasteiger partial charge in [0.1, 0.15) is 36.3 Å². The highest BCUT2D eigenvalue weighted by Crippen LogP contribution is 2.39. The fourth-order valence-corrected chi connectivity index (χ4v) is 4.99. The van der Waals surface area contributed by atoms with Gasteiger partial charge in [-0.1, -0.05) is 6.07 Å². The first kappa shape index (κ1) is 26.2. The topological polar surface area (TPSA) is 140 Å². The molecule has 12 nitrogen and oxygen atoms in total. The SMILES string of the molecule is COc1cc(C(=O)N2CC3(COC3)C2)ccc1Nc1ncc(-c2ccc(C#N)c(O[C@@H](C)Cn3cncn3)c2)cn1.